The van der Waals surface area contributed by atoms with E-state index in [0.29, 0.717) is 6.42 Å². The number of cyclic esters (lactones) is 1. The van der Waals surface area contributed by atoms with Gasteiger partial charge in [0.05, 0.1) is 0 Å². The second kappa shape index (κ2) is 3.90. The summed E-state index contributed by atoms with van der Waals surface area (Å²) in [5.74, 6) is -0.188. The van der Waals surface area contributed by atoms with Crippen LogP contribution in [0, 0.1) is 11.3 Å². The third-order valence-corrected chi connectivity index (χ3v) is 3.82. The number of halogens is 1. The molecule has 1 saturated heterocycles. The standard InChI is InChI=1S/C12H15ClO3/c1-7-5-8(13)3-4-9(7)12(2)10(14)6-16-11(12)15/h3-4,7,10,14H,5-6H2,1-2H3/t7?,10?,12-/m1/s1. The van der Waals surface area contributed by atoms with Crippen molar-refractivity contribution in [3.63, 3.8) is 0 Å². The minimum absolute atomic E-state index is 0.0802. The third kappa shape index (κ3) is 1.59. The fourth-order valence-electron chi connectivity index (χ4n) is 2.42. The van der Waals surface area contributed by atoms with Gasteiger partial charge in [0.2, 0.25) is 0 Å². The summed E-state index contributed by atoms with van der Waals surface area (Å²) in [5, 5.41) is 10.7. The highest BCUT2D eigenvalue weighted by Gasteiger charge is 2.51. The first-order valence-electron chi connectivity index (χ1n) is 5.38. The van der Waals surface area contributed by atoms with Gasteiger partial charge in [-0.05, 0) is 30.9 Å². The van der Waals surface area contributed by atoms with Gasteiger partial charge in [-0.3, -0.25) is 4.79 Å². The van der Waals surface area contributed by atoms with Gasteiger partial charge in [0.1, 0.15) is 18.1 Å². The Morgan fingerprint density at radius 2 is 2.25 bits per heavy atom. The van der Waals surface area contributed by atoms with Gasteiger partial charge >= 0.3 is 5.97 Å². The quantitative estimate of drug-likeness (QED) is 0.716. The highest BCUT2D eigenvalue weighted by molar-refractivity contribution is 6.29. The molecule has 2 aliphatic rings. The van der Waals surface area contributed by atoms with Gasteiger partial charge in [0.25, 0.3) is 0 Å². The minimum atomic E-state index is -0.909. The van der Waals surface area contributed by atoms with E-state index in [1.54, 1.807) is 13.0 Å². The van der Waals surface area contributed by atoms with Crippen LogP contribution in [0.15, 0.2) is 22.8 Å². The van der Waals surface area contributed by atoms with Crippen LogP contribution in [0.3, 0.4) is 0 Å². The number of allylic oxidation sites excluding steroid dienone is 3. The van der Waals surface area contributed by atoms with Gasteiger partial charge in [0.15, 0.2) is 0 Å². The maximum absolute atomic E-state index is 11.8. The molecule has 0 saturated carbocycles. The zero-order valence-electron chi connectivity index (χ0n) is 9.37. The average Bonchev–Trinajstić information content (AvgIpc) is 2.47. The Morgan fingerprint density at radius 1 is 1.56 bits per heavy atom. The highest BCUT2D eigenvalue weighted by atomic mass is 35.5. The molecule has 0 aromatic rings. The van der Waals surface area contributed by atoms with Gasteiger partial charge in [0, 0.05) is 5.03 Å². The van der Waals surface area contributed by atoms with Crippen LogP contribution in [0.4, 0.5) is 0 Å². The Labute approximate surface area is 99.7 Å². The first-order chi connectivity index (χ1) is 7.46. The van der Waals surface area contributed by atoms with Crippen LogP contribution in [-0.4, -0.2) is 23.8 Å². The summed E-state index contributed by atoms with van der Waals surface area (Å²) in [5.41, 5.74) is -0.0000540. The van der Waals surface area contributed by atoms with Crippen molar-refractivity contribution in [3.8, 4) is 0 Å². The van der Waals surface area contributed by atoms with Crippen LogP contribution >= 0.6 is 11.6 Å². The van der Waals surface area contributed by atoms with Crippen LogP contribution in [0.25, 0.3) is 0 Å². The molecule has 3 atom stereocenters. The SMILES string of the molecule is CC1CC(Cl)=CC=C1[C@@]1(C)C(=O)OCC1O. The molecule has 0 amide bonds. The first kappa shape index (κ1) is 11.7. The van der Waals surface area contributed by atoms with Crippen molar-refractivity contribution in [1.82, 2.24) is 0 Å². The van der Waals surface area contributed by atoms with Crippen molar-refractivity contribution in [3.05, 3.63) is 22.8 Å². The Balaban J connectivity index is 2.40. The number of aliphatic hydroxyl groups excluding tert-OH is 1. The Kier molecular flexibility index (Phi) is 2.84. The maximum Gasteiger partial charge on any atom is 0.318 e. The Hall–Kier alpha value is -0.800. The van der Waals surface area contributed by atoms with Crippen molar-refractivity contribution < 1.29 is 14.6 Å². The molecule has 2 rings (SSSR count). The predicted molar refractivity (Wildman–Crippen MR) is 60.9 cm³/mol. The summed E-state index contributed by atoms with van der Waals surface area (Å²) in [6.45, 7) is 3.82. The van der Waals surface area contributed by atoms with E-state index in [-0.39, 0.29) is 18.5 Å². The summed E-state index contributed by atoms with van der Waals surface area (Å²) >= 11 is 5.94. The topological polar surface area (TPSA) is 46.5 Å². The van der Waals surface area contributed by atoms with Gasteiger partial charge in [-0.2, -0.15) is 0 Å². The molecule has 4 heteroatoms. The number of esters is 1. The normalized spacial score (nSPS) is 39.1. The lowest BCUT2D eigenvalue weighted by atomic mass is 9.71. The summed E-state index contributed by atoms with van der Waals surface area (Å²) in [6.07, 6.45) is 3.58. The molecule has 1 aliphatic carbocycles. The lowest BCUT2D eigenvalue weighted by Crippen LogP contribution is -2.38. The van der Waals surface area contributed by atoms with Crippen molar-refractivity contribution in [2.45, 2.75) is 26.4 Å². The lowest BCUT2D eigenvalue weighted by molar-refractivity contribution is -0.144. The van der Waals surface area contributed by atoms with Gasteiger partial charge in [-0.25, -0.2) is 0 Å². The van der Waals surface area contributed by atoms with Crippen molar-refractivity contribution in [2.24, 2.45) is 11.3 Å². The highest BCUT2D eigenvalue weighted by Crippen LogP contribution is 2.44. The number of rotatable bonds is 1. The molecule has 2 unspecified atom stereocenters. The number of aliphatic hydroxyl groups is 1. The van der Waals surface area contributed by atoms with E-state index in [4.69, 9.17) is 16.3 Å². The average molecular weight is 243 g/mol. The fraction of sp³-hybridized carbons (Fsp3) is 0.583. The zero-order chi connectivity index (χ0) is 11.9. The van der Waals surface area contributed by atoms with E-state index in [0.717, 1.165) is 10.6 Å². The lowest BCUT2D eigenvalue weighted by Gasteiger charge is -2.32. The van der Waals surface area contributed by atoms with Crippen LogP contribution < -0.4 is 0 Å². The molecule has 0 radical (unpaired) electrons. The van der Waals surface area contributed by atoms with Crippen molar-refractivity contribution in [2.75, 3.05) is 6.61 Å². The molecule has 1 N–H and O–H groups in total. The maximum atomic E-state index is 11.8. The van der Waals surface area contributed by atoms with E-state index in [9.17, 15) is 9.90 Å². The largest absolute Gasteiger partial charge is 0.462 e. The van der Waals surface area contributed by atoms with Crippen LogP contribution in [0.2, 0.25) is 0 Å². The summed E-state index contributed by atoms with van der Waals surface area (Å²) in [7, 11) is 0. The van der Waals surface area contributed by atoms with E-state index in [1.807, 2.05) is 13.0 Å². The second-order valence-electron chi connectivity index (χ2n) is 4.66. The Morgan fingerprint density at radius 3 is 2.75 bits per heavy atom. The summed E-state index contributed by atoms with van der Waals surface area (Å²) < 4.78 is 4.93. The molecule has 1 fully saturated rings. The zero-order valence-corrected chi connectivity index (χ0v) is 10.1. The second-order valence-corrected chi connectivity index (χ2v) is 5.14. The van der Waals surface area contributed by atoms with E-state index in [1.165, 1.54) is 0 Å². The molecule has 0 aromatic heterocycles. The number of carbonyl (C=O) groups is 1. The number of hydrogen-bond donors (Lipinski definition) is 1. The molecule has 88 valence electrons. The smallest absolute Gasteiger partial charge is 0.318 e. The van der Waals surface area contributed by atoms with Gasteiger partial charge in [-0.15, -0.1) is 0 Å². The van der Waals surface area contributed by atoms with Crippen LogP contribution in [-0.2, 0) is 9.53 Å². The van der Waals surface area contributed by atoms with E-state index in [2.05, 4.69) is 0 Å². The summed E-state index contributed by atoms with van der Waals surface area (Å²) in [4.78, 5) is 11.8. The first-order valence-corrected chi connectivity index (χ1v) is 5.76. The van der Waals surface area contributed by atoms with Crippen molar-refractivity contribution in [1.29, 1.82) is 0 Å². The predicted octanol–water partition coefficient (Wildman–Crippen LogP) is 2.00. The number of ether oxygens (including phenoxy) is 1. The van der Waals surface area contributed by atoms with Gasteiger partial charge in [-0.1, -0.05) is 24.6 Å². The Bertz CT molecular complexity index is 386. The molecule has 0 aromatic carbocycles. The molecule has 1 aliphatic heterocycles. The third-order valence-electron chi connectivity index (χ3n) is 3.54. The van der Waals surface area contributed by atoms with E-state index < -0.39 is 11.5 Å². The van der Waals surface area contributed by atoms with Gasteiger partial charge < -0.3 is 9.84 Å². The fourth-order valence-corrected chi connectivity index (χ4v) is 2.71. The molecule has 3 nitrogen and oxygen atoms in total. The molecule has 1 heterocycles. The van der Waals surface area contributed by atoms with Crippen LogP contribution in [0.5, 0.6) is 0 Å². The summed E-state index contributed by atoms with van der Waals surface area (Å²) in [6, 6.07) is 0. The molecule has 0 spiro atoms. The molecule has 16 heavy (non-hydrogen) atoms. The van der Waals surface area contributed by atoms with Crippen LogP contribution in [0.1, 0.15) is 20.3 Å². The molecule has 0 bridgehead atoms. The molecular weight excluding hydrogens is 228 g/mol. The number of hydrogen-bond acceptors (Lipinski definition) is 3. The monoisotopic (exact) mass is 242 g/mol. The van der Waals surface area contributed by atoms with E-state index >= 15 is 0 Å². The minimum Gasteiger partial charge on any atom is -0.462 e. The number of carbonyl (C=O) groups excluding carboxylic acids is 1. The van der Waals surface area contributed by atoms with Crippen molar-refractivity contribution >= 4 is 17.6 Å². The molecular formula is C12H15ClO3.